The molecule has 1 N–H and O–H groups in total. The largest absolute Gasteiger partial charge is 0.573 e. The van der Waals surface area contributed by atoms with Crippen LogP contribution in [0.2, 0.25) is 0 Å². The molecule has 0 saturated carbocycles. The number of anilines is 2. The third-order valence-corrected chi connectivity index (χ3v) is 4.68. The molecule has 0 radical (unpaired) electrons. The van der Waals surface area contributed by atoms with Crippen LogP contribution in [-0.2, 0) is 6.18 Å². The molecule has 2 heterocycles. The molecule has 28 heavy (non-hydrogen) atoms. The van der Waals surface area contributed by atoms with Crippen molar-refractivity contribution in [3.8, 4) is 5.75 Å². The summed E-state index contributed by atoms with van der Waals surface area (Å²) in [6.07, 6.45) is -9.35. The van der Waals surface area contributed by atoms with E-state index in [-0.39, 0.29) is 10.8 Å². The summed E-state index contributed by atoms with van der Waals surface area (Å²) in [6.45, 7) is 0. The van der Waals surface area contributed by atoms with Crippen LogP contribution < -0.4 is 10.1 Å². The van der Waals surface area contributed by atoms with Crippen LogP contribution in [-0.4, -0.2) is 26.8 Å². The smallest absolute Gasteiger partial charge is 0.406 e. The molecule has 0 saturated heterocycles. The highest BCUT2D eigenvalue weighted by molar-refractivity contribution is 8.01. The second-order valence-corrected chi connectivity index (χ2v) is 7.17. The number of ether oxygens (including phenoxy) is 1. The average molecular weight is 439 g/mol. The maximum absolute atomic E-state index is 12.5. The lowest BCUT2D eigenvalue weighted by molar-refractivity contribution is -0.274. The van der Waals surface area contributed by atoms with E-state index in [9.17, 15) is 26.3 Å². The molecule has 0 fully saturated rings. The van der Waals surface area contributed by atoms with Gasteiger partial charge in [0.2, 0.25) is 5.13 Å². The summed E-state index contributed by atoms with van der Waals surface area (Å²) in [5, 5.41) is 17.6. The van der Waals surface area contributed by atoms with Crippen molar-refractivity contribution in [2.75, 3.05) is 5.32 Å². The van der Waals surface area contributed by atoms with Gasteiger partial charge in [0.1, 0.15) is 10.8 Å². The molecule has 0 aliphatic carbocycles. The van der Waals surface area contributed by atoms with Crippen LogP contribution in [0.3, 0.4) is 0 Å². The summed E-state index contributed by atoms with van der Waals surface area (Å²) in [4.78, 5) is 0. The van der Waals surface area contributed by atoms with Crippen molar-refractivity contribution in [2.24, 2.45) is 0 Å². The van der Waals surface area contributed by atoms with Crippen LogP contribution >= 0.6 is 23.1 Å². The number of hydrogen-bond acceptors (Lipinski definition) is 8. The first-order chi connectivity index (χ1) is 13.1. The van der Waals surface area contributed by atoms with Crippen LogP contribution in [0.1, 0.15) is 5.69 Å². The molecule has 0 bridgehead atoms. The van der Waals surface area contributed by atoms with E-state index >= 15 is 0 Å². The maximum Gasteiger partial charge on any atom is 0.573 e. The van der Waals surface area contributed by atoms with Gasteiger partial charge in [-0.05, 0) is 48.2 Å². The fraction of sp³-hybridized carbons (Fsp3) is 0.143. The van der Waals surface area contributed by atoms with E-state index in [1.54, 1.807) is 0 Å². The van der Waals surface area contributed by atoms with Crippen molar-refractivity contribution in [3.63, 3.8) is 0 Å². The Kier molecular flexibility index (Phi) is 5.60. The molecule has 0 amide bonds. The van der Waals surface area contributed by atoms with E-state index in [0.717, 1.165) is 47.4 Å². The van der Waals surface area contributed by atoms with Gasteiger partial charge < -0.3 is 10.1 Å². The Bertz CT molecular complexity index is 927. The van der Waals surface area contributed by atoms with Gasteiger partial charge in [-0.2, -0.15) is 13.2 Å². The quantitative estimate of drug-likeness (QED) is 0.552. The first-order valence-corrected chi connectivity index (χ1v) is 8.77. The molecule has 0 aliphatic rings. The summed E-state index contributed by atoms with van der Waals surface area (Å²) >= 11 is 2.04. The monoisotopic (exact) mass is 439 g/mol. The van der Waals surface area contributed by atoms with E-state index in [1.807, 2.05) is 0 Å². The third-order valence-electron chi connectivity index (χ3n) is 2.87. The molecule has 0 spiro atoms. The zero-order valence-corrected chi connectivity index (χ0v) is 14.9. The van der Waals surface area contributed by atoms with Crippen molar-refractivity contribution in [1.29, 1.82) is 0 Å². The summed E-state index contributed by atoms with van der Waals surface area (Å²) in [5.41, 5.74) is -0.661. The van der Waals surface area contributed by atoms with Crippen LogP contribution in [0.5, 0.6) is 5.75 Å². The van der Waals surface area contributed by atoms with Gasteiger partial charge in [-0.25, -0.2) is 0 Å². The minimum Gasteiger partial charge on any atom is -0.406 e. The van der Waals surface area contributed by atoms with Gasteiger partial charge in [0.25, 0.3) is 0 Å². The standard InChI is InChI=1S/C14H7F6N5OS2/c15-13(16,17)9-5-6-10(23-22-9)27-12-25-24-11(28-12)21-7-1-3-8(4-2-7)26-14(18,19)20/h1-6H,(H,21,24). The van der Waals surface area contributed by atoms with Gasteiger partial charge in [0.15, 0.2) is 10.0 Å². The predicted molar refractivity (Wildman–Crippen MR) is 87.5 cm³/mol. The van der Waals surface area contributed by atoms with Crippen LogP contribution in [0, 0.1) is 0 Å². The molecule has 3 aromatic rings. The normalized spacial score (nSPS) is 12.1. The lowest BCUT2D eigenvalue weighted by Crippen LogP contribution is -2.16. The van der Waals surface area contributed by atoms with Crippen LogP contribution in [0.15, 0.2) is 45.8 Å². The Morgan fingerprint density at radius 1 is 0.857 bits per heavy atom. The number of benzene rings is 1. The number of rotatable bonds is 5. The molecule has 0 aliphatic heterocycles. The summed E-state index contributed by atoms with van der Waals surface area (Å²) in [7, 11) is 0. The number of aromatic nitrogens is 4. The van der Waals surface area contributed by atoms with Crippen molar-refractivity contribution < 1.29 is 31.1 Å². The molecule has 14 heteroatoms. The number of nitrogens with one attached hydrogen (secondary N) is 1. The van der Waals surface area contributed by atoms with E-state index in [4.69, 9.17) is 0 Å². The van der Waals surface area contributed by atoms with E-state index < -0.39 is 18.2 Å². The predicted octanol–water partition coefficient (Wildman–Crippen LogP) is 5.14. The zero-order chi connectivity index (χ0) is 20.4. The minimum atomic E-state index is -4.78. The minimum absolute atomic E-state index is 0.198. The van der Waals surface area contributed by atoms with Gasteiger partial charge in [-0.3, -0.25) is 0 Å². The van der Waals surface area contributed by atoms with Gasteiger partial charge in [-0.15, -0.1) is 33.6 Å². The fourth-order valence-electron chi connectivity index (χ4n) is 1.78. The summed E-state index contributed by atoms with van der Waals surface area (Å²) in [6, 6.07) is 6.94. The first kappa shape index (κ1) is 20.1. The van der Waals surface area contributed by atoms with E-state index in [0.29, 0.717) is 15.2 Å². The zero-order valence-electron chi connectivity index (χ0n) is 13.2. The summed E-state index contributed by atoms with van der Waals surface area (Å²) < 4.78 is 77.9. The molecule has 3 rings (SSSR count). The number of nitrogens with zero attached hydrogens (tertiary/aromatic N) is 4. The van der Waals surface area contributed by atoms with Gasteiger partial charge in [-0.1, -0.05) is 11.3 Å². The molecular weight excluding hydrogens is 432 g/mol. The van der Waals surface area contributed by atoms with Crippen molar-refractivity contribution in [1.82, 2.24) is 20.4 Å². The molecule has 0 unspecified atom stereocenters. The fourth-order valence-corrected chi connectivity index (χ4v) is 3.42. The Balaban J connectivity index is 1.61. The maximum atomic E-state index is 12.5. The lowest BCUT2D eigenvalue weighted by atomic mass is 10.3. The highest BCUT2D eigenvalue weighted by Gasteiger charge is 2.33. The molecule has 148 valence electrons. The molecular formula is C14H7F6N5OS2. The van der Waals surface area contributed by atoms with Gasteiger partial charge in [0.05, 0.1) is 0 Å². The molecule has 1 aromatic carbocycles. The van der Waals surface area contributed by atoms with E-state index in [2.05, 4.69) is 30.4 Å². The van der Waals surface area contributed by atoms with Crippen LogP contribution in [0.4, 0.5) is 37.2 Å². The average Bonchev–Trinajstić information content (AvgIpc) is 3.02. The van der Waals surface area contributed by atoms with Gasteiger partial charge >= 0.3 is 12.5 Å². The second-order valence-electron chi connectivity index (χ2n) is 4.93. The second kappa shape index (κ2) is 7.79. The van der Waals surface area contributed by atoms with Gasteiger partial charge in [0, 0.05) is 5.69 Å². The van der Waals surface area contributed by atoms with Crippen molar-refractivity contribution in [3.05, 3.63) is 42.1 Å². The topological polar surface area (TPSA) is 72.8 Å². The molecule has 0 atom stereocenters. The van der Waals surface area contributed by atoms with Crippen molar-refractivity contribution >= 4 is 33.9 Å². The molecule has 6 nitrogen and oxygen atoms in total. The van der Waals surface area contributed by atoms with E-state index in [1.165, 1.54) is 12.1 Å². The molecule has 2 aromatic heterocycles. The Morgan fingerprint density at radius 3 is 2.14 bits per heavy atom. The third kappa shape index (κ3) is 5.69. The van der Waals surface area contributed by atoms with Crippen molar-refractivity contribution in [2.45, 2.75) is 21.9 Å². The highest BCUT2D eigenvalue weighted by Crippen LogP contribution is 2.33. The Morgan fingerprint density at radius 2 is 1.57 bits per heavy atom. The Labute approximate surface area is 161 Å². The number of halogens is 6. The SMILES string of the molecule is FC(F)(F)Oc1ccc(Nc2nnc(Sc3ccc(C(F)(F)F)nn3)s2)cc1. The first-order valence-electron chi connectivity index (χ1n) is 7.14. The number of hydrogen-bond donors (Lipinski definition) is 1. The lowest BCUT2D eigenvalue weighted by Gasteiger charge is -2.09. The highest BCUT2D eigenvalue weighted by atomic mass is 32.2. The van der Waals surface area contributed by atoms with Crippen LogP contribution in [0.25, 0.3) is 0 Å². The number of alkyl halides is 6. The Hall–Kier alpha value is -2.61. The summed E-state index contributed by atoms with van der Waals surface area (Å²) in [5.74, 6) is -0.368.